The van der Waals surface area contributed by atoms with E-state index < -0.39 is 0 Å². The maximum atomic E-state index is 13.7. The number of benzene rings is 4. The molecule has 0 heterocycles. The number of carbonyl (C=O) groups excluding carboxylic acids is 1. The number of hydrogen-bond acceptors (Lipinski definition) is 2. The molecule has 0 fully saturated rings. The largest absolute Gasteiger partial charge is 0.289 e. The normalized spacial score (nSPS) is 12.4. The molecule has 0 spiro atoms. The van der Waals surface area contributed by atoms with E-state index in [1.807, 2.05) is 36.4 Å². The fourth-order valence-corrected chi connectivity index (χ4v) is 5.06. The second-order valence-corrected chi connectivity index (χ2v) is 8.72. The molecule has 1 aliphatic carbocycles. The summed E-state index contributed by atoms with van der Waals surface area (Å²) in [5.74, 6) is 0.105. The molecule has 0 radical (unpaired) electrons. The second-order valence-electron chi connectivity index (χ2n) is 8.31. The Hall–Kier alpha value is -3.36. The maximum absolute atomic E-state index is 13.7. The summed E-state index contributed by atoms with van der Waals surface area (Å²) in [4.78, 5) is 14.5. The number of thiocarbonyl (C=S) groups is 1. The molecule has 0 saturated carbocycles. The number of rotatable bonds is 6. The van der Waals surface area contributed by atoms with Crippen molar-refractivity contribution in [3.05, 3.63) is 142 Å². The molecule has 1 nitrogen and oxygen atoms in total. The smallest absolute Gasteiger partial charge is 0.194 e. The molecule has 0 aliphatic heterocycles. The molecule has 0 saturated heterocycles. The topological polar surface area (TPSA) is 17.1 Å². The summed E-state index contributed by atoms with van der Waals surface area (Å²) in [6, 6.07) is 33.1. The number of carbonyl (C=O) groups is 1. The van der Waals surface area contributed by atoms with Crippen molar-refractivity contribution < 1.29 is 4.79 Å². The Morgan fingerprint density at radius 1 is 0.500 bits per heavy atom. The minimum atomic E-state index is 0.105. The van der Waals surface area contributed by atoms with E-state index in [2.05, 4.69) is 60.7 Å². The van der Waals surface area contributed by atoms with E-state index in [1.54, 1.807) is 0 Å². The van der Waals surface area contributed by atoms with Gasteiger partial charge in [-0.25, -0.2) is 0 Å². The Balaban J connectivity index is 1.47. The van der Waals surface area contributed by atoms with E-state index in [1.165, 1.54) is 11.1 Å². The highest BCUT2D eigenvalue weighted by Gasteiger charge is 2.30. The van der Waals surface area contributed by atoms with Crippen molar-refractivity contribution >= 4 is 22.9 Å². The van der Waals surface area contributed by atoms with E-state index >= 15 is 0 Å². The lowest BCUT2D eigenvalue weighted by molar-refractivity contribution is 0.103. The van der Waals surface area contributed by atoms with Crippen molar-refractivity contribution in [2.45, 2.75) is 25.7 Å². The highest BCUT2D eigenvalue weighted by molar-refractivity contribution is 7.81. The Kier molecular flexibility index (Phi) is 5.79. The third-order valence-electron chi connectivity index (χ3n) is 6.30. The fraction of sp³-hybridized carbons (Fsp3) is 0.133. The SMILES string of the molecule is O=C1c2cccc(CCc3ccccc3)c2C(=S)c2cccc(CCc3ccccc3)c21. The summed E-state index contributed by atoms with van der Waals surface area (Å²) in [5, 5.41) is 0. The van der Waals surface area contributed by atoms with Crippen molar-refractivity contribution in [3.8, 4) is 0 Å². The van der Waals surface area contributed by atoms with Gasteiger partial charge in [-0.05, 0) is 47.9 Å². The number of ketones is 1. The number of hydrogen-bond donors (Lipinski definition) is 0. The van der Waals surface area contributed by atoms with Crippen LogP contribution in [0.25, 0.3) is 0 Å². The second kappa shape index (κ2) is 9.02. The van der Waals surface area contributed by atoms with E-state index in [-0.39, 0.29) is 5.78 Å². The summed E-state index contributed by atoms with van der Waals surface area (Å²) in [5.41, 5.74) is 8.22. The lowest BCUT2D eigenvalue weighted by Crippen LogP contribution is -2.24. The fourth-order valence-electron chi connectivity index (χ4n) is 4.65. The van der Waals surface area contributed by atoms with Gasteiger partial charge in [-0.2, -0.15) is 0 Å². The monoisotopic (exact) mass is 432 g/mol. The first-order valence-corrected chi connectivity index (χ1v) is 11.5. The van der Waals surface area contributed by atoms with Gasteiger partial charge in [0.15, 0.2) is 5.78 Å². The van der Waals surface area contributed by atoms with Crippen molar-refractivity contribution in [2.75, 3.05) is 0 Å². The van der Waals surface area contributed by atoms with Gasteiger partial charge in [-0.1, -0.05) is 109 Å². The Morgan fingerprint density at radius 3 is 1.56 bits per heavy atom. The van der Waals surface area contributed by atoms with Crippen LogP contribution >= 0.6 is 12.2 Å². The summed E-state index contributed by atoms with van der Waals surface area (Å²) in [7, 11) is 0. The van der Waals surface area contributed by atoms with Crippen LogP contribution < -0.4 is 0 Å². The molecule has 0 amide bonds. The summed E-state index contributed by atoms with van der Waals surface area (Å²) in [6.07, 6.45) is 3.52. The van der Waals surface area contributed by atoms with Crippen LogP contribution in [0.1, 0.15) is 49.3 Å². The standard InChI is InChI=1S/C30H24OS/c31-29-25-15-7-14-24(20-18-22-11-5-2-6-12-22)28(25)30(32)26-16-8-13-23(27(26)29)19-17-21-9-3-1-4-10-21/h1-16H,17-20H2. The zero-order valence-corrected chi connectivity index (χ0v) is 18.7. The van der Waals surface area contributed by atoms with Crippen LogP contribution in [0, 0.1) is 0 Å². The van der Waals surface area contributed by atoms with E-state index in [9.17, 15) is 4.79 Å². The third kappa shape index (κ3) is 3.94. The van der Waals surface area contributed by atoms with Crippen LogP contribution in [0.3, 0.4) is 0 Å². The summed E-state index contributed by atoms with van der Waals surface area (Å²) in [6.45, 7) is 0. The highest BCUT2D eigenvalue weighted by Crippen LogP contribution is 2.33. The van der Waals surface area contributed by atoms with Gasteiger partial charge in [-0.3, -0.25) is 4.79 Å². The molecule has 4 aromatic carbocycles. The van der Waals surface area contributed by atoms with E-state index in [4.69, 9.17) is 12.2 Å². The first-order valence-electron chi connectivity index (χ1n) is 11.1. The Labute approximate surface area is 194 Å². The van der Waals surface area contributed by atoms with Crippen molar-refractivity contribution in [1.29, 1.82) is 0 Å². The average Bonchev–Trinajstić information content (AvgIpc) is 2.85. The van der Waals surface area contributed by atoms with Crippen molar-refractivity contribution in [3.63, 3.8) is 0 Å². The number of aryl methyl sites for hydroxylation is 4. The van der Waals surface area contributed by atoms with Crippen LogP contribution in [-0.2, 0) is 25.7 Å². The van der Waals surface area contributed by atoms with Crippen LogP contribution in [0.15, 0.2) is 97.1 Å². The quantitative estimate of drug-likeness (QED) is 0.282. The third-order valence-corrected chi connectivity index (χ3v) is 6.72. The van der Waals surface area contributed by atoms with Gasteiger partial charge in [0, 0.05) is 22.3 Å². The molecule has 0 bridgehead atoms. The molecule has 0 atom stereocenters. The molecule has 156 valence electrons. The van der Waals surface area contributed by atoms with Crippen LogP contribution in [0.4, 0.5) is 0 Å². The molecule has 32 heavy (non-hydrogen) atoms. The Bertz CT molecular complexity index is 1190. The predicted octanol–water partition coefficient (Wildman–Crippen LogP) is 6.57. The maximum Gasteiger partial charge on any atom is 0.194 e. The minimum Gasteiger partial charge on any atom is -0.289 e. The van der Waals surface area contributed by atoms with Gasteiger partial charge in [0.2, 0.25) is 0 Å². The van der Waals surface area contributed by atoms with Gasteiger partial charge in [0.25, 0.3) is 0 Å². The molecule has 1 aliphatic rings. The van der Waals surface area contributed by atoms with Crippen LogP contribution in [0.5, 0.6) is 0 Å². The van der Waals surface area contributed by atoms with Gasteiger partial charge in [0.1, 0.15) is 0 Å². The summed E-state index contributed by atoms with van der Waals surface area (Å²) < 4.78 is 0. The molecule has 5 rings (SSSR count). The Morgan fingerprint density at radius 2 is 1.00 bits per heavy atom. The minimum absolute atomic E-state index is 0.105. The molecular formula is C30H24OS. The number of fused-ring (bicyclic) bond motifs is 2. The zero-order chi connectivity index (χ0) is 21.9. The molecule has 0 aromatic heterocycles. The van der Waals surface area contributed by atoms with Crippen molar-refractivity contribution in [1.82, 2.24) is 0 Å². The van der Waals surface area contributed by atoms with Crippen LogP contribution in [-0.4, -0.2) is 10.6 Å². The van der Waals surface area contributed by atoms with Gasteiger partial charge in [0.05, 0.1) is 4.86 Å². The molecular weight excluding hydrogens is 408 g/mol. The van der Waals surface area contributed by atoms with E-state index in [0.29, 0.717) is 0 Å². The zero-order valence-electron chi connectivity index (χ0n) is 17.9. The lowest BCUT2D eigenvalue weighted by atomic mass is 9.79. The lowest BCUT2D eigenvalue weighted by Gasteiger charge is -2.24. The molecule has 0 unspecified atom stereocenters. The van der Waals surface area contributed by atoms with Crippen molar-refractivity contribution in [2.24, 2.45) is 0 Å². The van der Waals surface area contributed by atoms with Gasteiger partial charge >= 0.3 is 0 Å². The molecule has 2 heteroatoms. The first kappa shape index (κ1) is 20.5. The molecule has 0 N–H and O–H groups in total. The summed E-state index contributed by atoms with van der Waals surface area (Å²) >= 11 is 5.97. The van der Waals surface area contributed by atoms with Crippen LogP contribution in [0.2, 0.25) is 0 Å². The molecule has 4 aromatic rings. The first-order chi connectivity index (χ1) is 15.7. The van der Waals surface area contributed by atoms with Gasteiger partial charge < -0.3 is 0 Å². The predicted molar refractivity (Wildman–Crippen MR) is 135 cm³/mol. The highest BCUT2D eigenvalue weighted by atomic mass is 32.1. The average molecular weight is 433 g/mol. The van der Waals surface area contributed by atoms with E-state index in [0.717, 1.165) is 63.9 Å². The van der Waals surface area contributed by atoms with Gasteiger partial charge in [-0.15, -0.1) is 0 Å².